The summed E-state index contributed by atoms with van der Waals surface area (Å²) in [6.07, 6.45) is 6.90. The Balaban J connectivity index is 1.41. The molecule has 3 atom stereocenters. The largest absolute Gasteiger partial charge is 0.507 e. The first-order valence-electron chi connectivity index (χ1n) is 11.2. The van der Waals surface area contributed by atoms with Crippen LogP contribution in [-0.2, 0) is 0 Å². The van der Waals surface area contributed by atoms with Crippen LogP contribution in [-0.4, -0.2) is 54.5 Å². The molecule has 8 nitrogen and oxygen atoms in total. The van der Waals surface area contributed by atoms with Crippen molar-refractivity contribution in [3.05, 3.63) is 36.8 Å². The lowest BCUT2D eigenvalue weighted by Crippen LogP contribution is -2.45. The van der Waals surface area contributed by atoms with Gasteiger partial charge in [-0.15, -0.1) is 10.2 Å². The van der Waals surface area contributed by atoms with Crippen molar-refractivity contribution in [2.75, 3.05) is 4.90 Å². The SMILES string of the molecule is CC1CC(F)(F)C[C@H](N)C[C@@H]1N(c1ncc(-c2ccc(-c3cn[nH]c3)cc2O)nn1)C1CC1. The fourth-order valence-electron chi connectivity index (χ4n) is 4.87. The Labute approximate surface area is 190 Å². The van der Waals surface area contributed by atoms with E-state index in [0.29, 0.717) is 23.6 Å². The van der Waals surface area contributed by atoms with Gasteiger partial charge in [0.05, 0.1) is 12.4 Å². The molecule has 3 aromatic rings. The Kier molecular flexibility index (Phi) is 5.48. The van der Waals surface area contributed by atoms with Gasteiger partial charge in [-0.3, -0.25) is 5.10 Å². The van der Waals surface area contributed by atoms with Crippen LogP contribution in [0.5, 0.6) is 5.75 Å². The van der Waals surface area contributed by atoms with E-state index in [9.17, 15) is 13.9 Å². The van der Waals surface area contributed by atoms with E-state index in [2.05, 4.69) is 25.4 Å². The monoisotopic (exact) mass is 455 g/mol. The lowest BCUT2D eigenvalue weighted by molar-refractivity contribution is -0.0270. The van der Waals surface area contributed by atoms with E-state index in [-0.39, 0.29) is 36.6 Å². The number of aromatic amines is 1. The molecule has 0 radical (unpaired) electrons. The second-order valence-electron chi connectivity index (χ2n) is 9.31. The van der Waals surface area contributed by atoms with Gasteiger partial charge in [0, 0.05) is 48.3 Å². The summed E-state index contributed by atoms with van der Waals surface area (Å²) >= 11 is 0. The van der Waals surface area contributed by atoms with Gasteiger partial charge in [-0.2, -0.15) is 5.10 Å². The van der Waals surface area contributed by atoms with Gasteiger partial charge in [0.2, 0.25) is 11.9 Å². The highest BCUT2D eigenvalue weighted by Gasteiger charge is 2.45. The second-order valence-corrected chi connectivity index (χ2v) is 9.31. The zero-order valence-corrected chi connectivity index (χ0v) is 18.3. The summed E-state index contributed by atoms with van der Waals surface area (Å²) in [6, 6.07) is 4.73. The molecule has 1 unspecified atom stereocenters. The number of benzene rings is 1. The van der Waals surface area contributed by atoms with E-state index in [1.54, 1.807) is 30.7 Å². The number of anilines is 1. The van der Waals surface area contributed by atoms with Gasteiger partial charge in [-0.25, -0.2) is 13.8 Å². The third-order valence-corrected chi connectivity index (χ3v) is 6.57. The van der Waals surface area contributed by atoms with Crippen LogP contribution in [0.4, 0.5) is 14.7 Å². The third-order valence-electron chi connectivity index (χ3n) is 6.57. The summed E-state index contributed by atoms with van der Waals surface area (Å²) in [5.41, 5.74) is 8.69. The van der Waals surface area contributed by atoms with Gasteiger partial charge in [0.15, 0.2) is 0 Å². The fraction of sp³-hybridized carbons (Fsp3) is 0.478. The van der Waals surface area contributed by atoms with Crippen molar-refractivity contribution >= 4 is 5.95 Å². The van der Waals surface area contributed by atoms with Crippen molar-refractivity contribution in [2.45, 2.75) is 63.1 Å². The van der Waals surface area contributed by atoms with Gasteiger partial charge >= 0.3 is 0 Å². The smallest absolute Gasteiger partial charge is 0.250 e. The van der Waals surface area contributed by atoms with Crippen LogP contribution in [0.25, 0.3) is 22.4 Å². The first-order valence-corrected chi connectivity index (χ1v) is 11.2. The van der Waals surface area contributed by atoms with Gasteiger partial charge in [-0.1, -0.05) is 13.0 Å². The molecule has 2 saturated carbocycles. The van der Waals surface area contributed by atoms with Crippen LogP contribution in [0.3, 0.4) is 0 Å². The maximum atomic E-state index is 14.2. The van der Waals surface area contributed by atoms with E-state index in [1.807, 2.05) is 17.9 Å². The molecule has 33 heavy (non-hydrogen) atoms. The summed E-state index contributed by atoms with van der Waals surface area (Å²) in [5.74, 6) is -2.53. The number of alkyl halides is 2. The number of nitrogens with two attached hydrogens (primary N) is 1. The number of aromatic nitrogens is 5. The van der Waals surface area contributed by atoms with Crippen LogP contribution in [0.1, 0.15) is 39.0 Å². The average molecular weight is 456 g/mol. The van der Waals surface area contributed by atoms with E-state index >= 15 is 0 Å². The molecule has 2 aromatic heterocycles. The van der Waals surface area contributed by atoms with Crippen LogP contribution in [0.2, 0.25) is 0 Å². The number of phenols is 1. The lowest BCUT2D eigenvalue weighted by atomic mass is 9.94. The first-order chi connectivity index (χ1) is 15.8. The topological polar surface area (TPSA) is 117 Å². The summed E-state index contributed by atoms with van der Waals surface area (Å²) in [6.45, 7) is 1.85. The quantitative estimate of drug-likeness (QED) is 0.502. The molecule has 0 spiro atoms. The molecule has 2 aliphatic rings. The molecule has 10 heteroatoms. The molecule has 2 aliphatic carbocycles. The Morgan fingerprint density at radius 1 is 1.15 bits per heavy atom. The number of hydrogen-bond acceptors (Lipinski definition) is 7. The van der Waals surface area contributed by atoms with Crippen molar-refractivity contribution in [2.24, 2.45) is 11.7 Å². The fourth-order valence-corrected chi connectivity index (χ4v) is 4.87. The number of H-pyrrole nitrogens is 1. The summed E-state index contributed by atoms with van der Waals surface area (Å²) in [7, 11) is 0. The molecule has 0 bridgehead atoms. The molecular formula is C23H27F2N7O. The number of aromatic hydroxyl groups is 1. The second kappa shape index (κ2) is 8.33. The van der Waals surface area contributed by atoms with Crippen molar-refractivity contribution in [3.8, 4) is 28.1 Å². The molecule has 0 aliphatic heterocycles. The minimum absolute atomic E-state index is 0.0576. The van der Waals surface area contributed by atoms with E-state index in [0.717, 1.165) is 24.0 Å². The van der Waals surface area contributed by atoms with Gasteiger partial charge < -0.3 is 15.7 Å². The average Bonchev–Trinajstić information content (AvgIpc) is 3.46. The Morgan fingerprint density at radius 2 is 1.97 bits per heavy atom. The number of rotatable bonds is 5. The van der Waals surface area contributed by atoms with Gasteiger partial charge in [0.25, 0.3) is 0 Å². The van der Waals surface area contributed by atoms with Crippen molar-refractivity contribution < 1.29 is 13.9 Å². The Hall–Kier alpha value is -3.14. The molecule has 4 N–H and O–H groups in total. The van der Waals surface area contributed by atoms with E-state index in [1.165, 1.54) is 0 Å². The molecule has 2 fully saturated rings. The van der Waals surface area contributed by atoms with Crippen LogP contribution < -0.4 is 10.6 Å². The number of nitrogens with zero attached hydrogens (tertiary/aromatic N) is 5. The van der Waals surface area contributed by atoms with Crippen LogP contribution >= 0.6 is 0 Å². The number of nitrogens with one attached hydrogen (secondary N) is 1. The normalized spacial score (nSPS) is 24.9. The zero-order chi connectivity index (χ0) is 23.2. The van der Waals surface area contributed by atoms with Crippen molar-refractivity contribution in [3.63, 3.8) is 0 Å². The minimum atomic E-state index is -2.76. The molecule has 174 valence electrons. The Bertz CT molecular complexity index is 1100. The lowest BCUT2D eigenvalue weighted by Gasteiger charge is -2.35. The van der Waals surface area contributed by atoms with Crippen LogP contribution in [0.15, 0.2) is 36.8 Å². The van der Waals surface area contributed by atoms with E-state index < -0.39 is 12.0 Å². The highest BCUT2D eigenvalue weighted by molar-refractivity contribution is 5.73. The maximum absolute atomic E-state index is 14.2. The molecular weight excluding hydrogens is 428 g/mol. The summed E-state index contributed by atoms with van der Waals surface area (Å²) in [4.78, 5) is 6.58. The standard InChI is InChI=1S/C23H27F2N7O/c1-13-8-23(24,25)9-16(26)7-20(13)32(17-3-4-17)22-27-12-19(30-31-22)18-5-2-14(6-21(18)33)15-10-28-29-11-15/h2,5-6,10-13,16-17,20,33H,3-4,7-9,26H2,1H3,(H,28,29)/t13?,16-,20+/m1/s1. The summed E-state index contributed by atoms with van der Waals surface area (Å²) < 4.78 is 28.5. The van der Waals surface area contributed by atoms with Gasteiger partial charge in [0.1, 0.15) is 11.4 Å². The summed E-state index contributed by atoms with van der Waals surface area (Å²) in [5, 5.41) is 25.9. The number of halogens is 2. The first kappa shape index (κ1) is 21.7. The molecule has 5 rings (SSSR count). The highest BCUT2D eigenvalue weighted by atomic mass is 19.3. The predicted molar refractivity (Wildman–Crippen MR) is 120 cm³/mol. The zero-order valence-electron chi connectivity index (χ0n) is 18.3. The van der Waals surface area contributed by atoms with E-state index in [4.69, 9.17) is 5.73 Å². The number of hydrogen-bond donors (Lipinski definition) is 3. The van der Waals surface area contributed by atoms with Crippen LogP contribution in [0, 0.1) is 5.92 Å². The third kappa shape index (κ3) is 4.52. The predicted octanol–water partition coefficient (Wildman–Crippen LogP) is 3.75. The molecule has 0 saturated heterocycles. The maximum Gasteiger partial charge on any atom is 0.250 e. The Morgan fingerprint density at radius 3 is 2.61 bits per heavy atom. The molecule has 1 aromatic carbocycles. The highest BCUT2D eigenvalue weighted by Crippen LogP contribution is 2.41. The van der Waals surface area contributed by atoms with Crippen molar-refractivity contribution in [1.29, 1.82) is 0 Å². The minimum Gasteiger partial charge on any atom is -0.507 e. The van der Waals surface area contributed by atoms with Crippen molar-refractivity contribution in [1.82, 2.24) is 25.4 Å². The molecule has 2 heterocycles. The number of phenolic OH excluding ortho intramolecular Hbond substituents is 1. The van der Waals surface area contributed by atoms with Gasteiger partial charge in [-0.05, 0) is 42.9 Å². The molecule has 0 amide bonds.